The molecule has 1 aromatic carbocycles. The Labute approximate surface area is 127 Å². The van der Waals surface area contributed by atoms with Gasteiger partial charge in [0.1, 0.15) is 11.6 Å². The van der Waals surface area contributed by atoms with Crippen LogP contribution >= 0.6 is 15.9 Å². The third kappa shape index (κ3) is 4.10. The summed E-state index contributed by atoms with van der Waals surface area (Å²) in [5, 5.41) is 10.3. The van der Waals surface area contributed by atoms with Crippen molar-refractivity contribution in [3.63, 3.8) is 0 Å². The number of phenols is 1. The molecule has 0 atom stereocenters. The van der Waals surface area contributed by atoms with Gasteiger partial charge in [-0.05, 0) is 43.0 Å². The number of halogens is 2. The third-order valence-corrected chi connectivity index (χ3v) is 3.90. The Morgan fingerprint density at radius 3 is 2.65 bits per heavy atom. The average molecular weight is 340 g/mol. The van der Waals surface area contributed by atoms with Gasteiger partial charge in [-0.3, -0.25) is 0 Å². The molecule has 2 nitrogen and oxygen atoms in total. The van der Waals surface area contributed by atoms with Crippen molar-refractivity contribution in [3.05, 3.63) is 41.8 Å². The molecule has 0 spiro atoms. The van der Waals surface area contributed by atoms with Crippen molar-refractivity contribution in [2.75, 3.05) is 5.33 Å². The van der Waals surface area contributed by atoms with Crippen LogP contribution in [0.15, 0.2) is 30.5 Å². The molecule has 20 heavy (non-hydrogen) atoms. The molecule has 0 amide bonds. The fourth-order valence-corrected chi connectivity index (χ4v) is 2.64. The standard InChI is InChI=1S/C16H19BrFNO/c17-8-4-2-1-3-5-12-9-16(19-11-12)14-7-6-13(20)10-15(14)18/h6-7,9-11,19-20H,1-5,8H2. The van der Waals surface area contributed by atoms with E-state index in [0.29, 0.717) is 5.56 Å². The Kier molecular flexibility index (Phi) is 5.65. The monoisotopic (exact) mass is 339 g/mol. The third-order valence-electron chi connectivity index (χ3n) is 3.33. The fourth-order valence-electron chi connectivity index (χ4n) is 2.24. The van der Waals surface area contributed by atoms with Crippen molar-refractivity contribution in [1.82, 2.24) is 4.98 Å². The molecule has 2 aromatic rings. The van der Waals surface area contributed by atoms with Crippen LogP contribution in [0, 0.1) is 5.82 Å². The molecule has 0 saturated heterocycles. The lowest BCUT2D eigenvalue weighted by Gasteiger charge is -2.01. The smallest absolute Gasteiger partial charge is 0.136 e. The second-order valence-electron chi connectivity index (χ2n) is 4.94. The lowest BCUT2D eigenvalue weighted by atomic mass is 10.1. The number of hydrogen-bond donors (Lipinski definition) is 2. The number of nitrogens with one attached hydrogen (secondary N) is 1. The maximum absolute atomic E-state index is 13.8. The molecule has 0 aliphatic carbocycles. The highest BCUT2D eigenvalue weighted by molar-refractivity contribution is 9.09. The van der Waals surface area contributed by atoms with Gasteiger partial charge in [-0.15, -0.1) is 0 Å². The molecule has 1 heterocycles. The van der Waals surface area contributed by atoms with Crippen LogP contribution in [0.5, 0.6) is 5.75 Å². The fraction of sp³-hybridized carbons (Fsp3) is 0.375. The van der Waals surface area contributed by atoms with E-state index in [1.165, 1.54) is 30.9 Å². The lowest BCUT2D eigenvalue weighted by molar-refractivity contribution is 0.469. The molecular weight excluding hydrogens is 321 g/mol. The number of aromatic hydroxyl groups is 1. The Bertz CT molecular complexity index is 553. The average Bonchev–Trinajstić information content (AvgIpc) is 2.87. The van der Waals surface area contributed by atoms with Gasteiger partial charge in [0.2, 0.25) is 0 Å². The largest absolute Gasteiger partial charge is 0.508 e. The van der Waals surface area contributed by atoms with Gasteiger partial charge in [-0.2, -0.15) is 0 Å². The zero-order chi connectivity index (χ0) is 14.4. The maximum atomic E-state index is 13.8. The number of aromatic nitrogens is 1. The lowest BCUT2D eigenvalue weighted by Crippen LogP contribution is -1.84. The zero-order valence-electron chi connectivity index (χ0n) is 11.3. The van der Waals surface area contributed by atoms with Gasteiger partial charge < -0.3 is 10.1 Å². The minimum Gasteiger partial charge on any atom is -0.508 e. The number of H-pyrrole nitrogens is 1. The molecular formula is C16H19BrFNO. The molecule has 2 rings (SSSR count). The van der Waals surface area contributed by atoms with Crippen LogP contribution < -0.4 is 0 Å². The zero-order valence-corrected chi connectivity index (χ0v) is 12.9. The van der Waals surface area contributed by atoms with Gasteiger partial charge in [0.25, 0.3) is 0 Å². The summed E-state index contributed by atoms with van der Waals surface area (Å²) in [6, 6.07) is 6.21. The van der Waals surface area contributed by atoms with Crippen molar-refractivity contribution in [1.29, 1.82) is 0 Å². The maximum Gasteiger partial charge on any atom is 0.136 e. The summed E-state index contributed by atoms with van der Waals surface area (Å²) in [4.78, 5) is 3.11. The molecule has 1 aromatic heterocycles. The number of unbranched alkanes of at least 4 members (excludes halogenated alkanes) is 3. The van der Waals surface area contributed by atoms with E-state index >= 15 is 0 Å². The summed E-state index contributed by atoms with van der Waals surface area (Å²) in [6.07, 6.45) is 7.79. The van der Waals surface area contributed by atoms with Crippen molar-refractivity contribution in [2.45, 2.75) is 32.1 Å². The molecule has 4 heteroatoms. The second-order valence-corrected chi connectivity index (χ2v) is 5.73. The molecule has 2 N–H and O–H groups in total. The van der Waals surface area contributed by atoms with Gasteiger partial charge in [0, 0.05) is 28.9 Å². The second kappa shape index (κ2) is 7.48. The van der Waals surface area contributed by atoms with Crippen molar-refractivity contribution in [2.24, 2.45) is 0 Å². The van der Waals surface area contributed by atoms with Crippen LogP contribution in [0.3, 0.4) is 0 Å². The molecule has 0 bridgehead atoms. The molecule has 0 radical (unpaired) electrons. The SMILES string of the molecule is Oc1ccc(-c2cc(CCCCCCBr)c[nH]2)c(F)c1. The molecule has 108 valence electrons. The van der Waals surface area contributed by atoms with E-state index in [1.807, 2.05) is 12.3 Å². The Hall–Kier alpha value is -1.29. The van der Waals surface area contributed by atoms with Crippen molar-refractivity contribution < 1.29 is 9.50 Å². The summed E-state index contributed by atoms with van der Waals surface area (Å²) in [5.41, 5.74) is 2.46. The van der Waals surface area contributed by atoms with E-state index in [1.54, 1.807) is 6.07 Å². The normalized spacial score (nSPS) is 10.9. The number of benzene rings is 1. The first-order chi connectivity index (χ1) is 9.70. The van der Waals surface area contributed by atoms with E-state index < -0.39 is 5.82 Å². The number of alkyl halides is 1. The number of phenolic OH excluding ortho intramolecular Hbond substituents is 1. The molecule has 0 unspecified atom stereocenters. The first kappa shape index (κ1) is 15.1. The minimum absolute atomic E-state index is 0.0511. The highest BCUT2D eigenvalue weighted by atomic mass is 79.9. The highest BCUT2D eigenvalue weighted by Gasteiger charge is 2.08. The number of aromatic amines is 1. The van der Waals surface area contributed by atoms with Crippen molar-refractivity contribution >= 4 is 15.9 Å². The molecule has 0 fully saturated rings. The Morgan fingerprint density at radius 2 is 1.90 bits per heavy atom. The summed E-state index contributed by atoms with van der Waals surface area (Å²) in [6.45, 7) is 0. The number of hydrogen-bond acceptors (Lipinski definition) is 1. The summed E-state index contributed by atoms with van der Waals surface area (Å²) in [7, 11) is 0. The van der Waals surface area contributed by atoms with Crippen LogP contribution in [0.1, 0.15) is 31.2 Å². The summed E-state index contributed by atoms with van der Waals surface area (Å²) < 4.78 is 13.8. The van der Waals surface area contributed by atoms with E-state index in [2.05, 4.69) is 20.9 Å². The van der Waals surface area contributed by atoms with Gasteiger partial charge in [0.15, 0.2) is 0 Å². The Morgan fingerprint density at radius 1 is 1.10 bits per heavy atom. The van der Waals surface area contributed by atoms with Gasteiger partial charge in [-0.25, -0.2) is 4.39 Å². The van der Waals surface area contributed by atoms with E-state index in [0.717, 1.165) is 29.9 Å². The first-order valence-corrected chi connectivity index (χ1v) is 8.05. The van der Waals surface area contributed by atoms with E-state index in [4.69, 9.17) is 0 Å². The van der Waals surface area contributed by atoms with Crippen LogP contribution in [0.25, 0.3) is 11.3 Å². The predicted molar refractivity (Wildman–Crippen MR) is 83.8 cm³/mol. The topological polar surface area (TPSA) is 36.0 Å². The highest BCUT2D eigenvalue weighted by Crippen LogP contribution is 2.25. The molecule has 0 saturated carbocycles. The van der Waals surface area contributed by atoms with Crippen LogP contribution in [0.4, 0.5) is 4.39 Å². The number of aryl methyl sites for hydroxylation is 1. The quantitative estimate of drug-likeness (QED) is 0.539. The van der Waals surface area contributed by atoms with E-state index in [9.17, 15) is 9.50 Å². The van der Waals surface area contributed by atoms with Gasteiger partial charge in [-0.1, -0.05) is 28.8 Å². The van der Waals surface area contributed by atoms with Crippen LogP contribution in [-0.4, -0.2) is 15.4 Å². The van der Waals surface area contributed by atoms with Gasteiger partial charge in [0.05, 0.1) is 0 Å². The molecule has 0 aliphatic rings. The summed E-state index contributed by atoms with van der Waals surface area (Å²) in [5.74, 6) is -0.458. The number of rotatable bonds is 7. The minimum atomic E-state index is -0.407. The summed E-state index contributed by atoms with van der Waals surface area (Å²) >= 11 is 3.43. The first-order valence-electron chi connectivity index (χ1n) is 6.93. The van der Waals surface area contributed by atoms with E-state index in [-0.39, 0.29) is 5.75 Å². The van der Waals surface area contributed by atoms with Crippen molar-refractivity contribution in [3.8, 4) is 17.0 Å². The predicted octanol–water partition coefficient (Wildman–Crippen LogP) is 5.02. The van der Waals surface area contributed by atoms with Crippen LogP contribution in [0.2, 0.25) is 0 Å². The van der Waals surface area contributed by atoms with Crippen LogP contribution in [-0.2, 0) is 6.42 Å². The Balaban J connectivity index is 1.95. The van der Waals surface area contributed by atoms with Gasteiger partial charge >= 0.3 is 0 Å². The molecule has 0 aliphatic heterocycles.